The molecule has 2 atom stereocenters. The third-order valence-corrected chi connectivity index (χ3v) is 9.49. The van der Waals surface area contributed by atoms with E-state index >= 15 is 4.39 Å². The minimum Gasteiger partial charge on any atom is -0.470 e. The van der Waals surface area contributed by atoms with Gasteiger partial charge in [-0.15, -0.1) is 0 Å². The van der Waals surface area contributed by atoms with Crippen LogP contribution in [0.1, 0.15) is 26.3 Å². The van der Waals surface area contributed by atoms with Crippen molar-refractivity contribution in [1.82, 2.24) is 15.1 Å². The van der Waals surface area contributed by atoms with E-state index < -0.39 is 38.9 Å². The average molecular weight is 523 g/mol. The summed E-state index contributed by atoms with van der Waals surface area (Å²) in [5, 5.41) is 3.98. The minimum absolute atomic E-state index is 0.0121. The second kappa shape index (κ2) is 9.19. The molecule has 9 nitrogen and oxygen atoms in total. The molecule has 0 spiro atoms. The molecule has 13 heteroatoms. The van der Waals surface area contributed by atoms with Crippen LogP contribution in [0.15, 0.2) is 50.5 Å². The summed E-state index contributed by atoms with van der Waals surface area (Å²) in [6.45, 7) is 4.30. The second-order valence-electron chi connectivity index (χ2n) is 8.96. The van der Waals surface area contributed by atoms with Crippen molar-refractivity contribution in [2.45, 2.75) is 37.5 Å². The molecular weight excluding hydrogens is 497 g/mol. The fourth-order valence-corrected chi connectivity index (χ4v) is 6.18. The van der Waals surface area contributed by atoms with E-state index in [-0.39, 0.29) is 23.0 Å². The van der Waals surface area contributed by atoms with Crippen LogP contribution in [0.3, 0.4) is 0 Å². The van der Waals surface area contributed by atoms with E-state index in [1.165, 1.54) is 31.6 Å². The molecule has 4 rings (SSSR count). The molecule has 0 amide bonds. The van der Waals surface area contributed by atoms with Crippen LogP contribution in [0.2, 0.25) is 0 Å². The molecule has 1 aromatic carbocycles. The van der Waals surface area contributed by atoms with Crippen molar-refractivity contribution < 1.29 is 26.6 Å². The van der Waals surface area contributed by atoms with Crippen LogP contribution in [0, 0.1) is 5.82 Å². The molecule has 2 N–H and O–H groups in total. The van der Waals surface area contributed by atoms with Gasteiger partial charge in [-0.3, -0.25) is 4.99 Å². The van der Waals surface area contributed by atoms with Gasteiger partial charge < -0.3 is 15.0 Å². The van der Waals surface area contributed by atoms with Crippen molar-refractivity contribution in [3.05, 3.63) is 48.0 Å². The molecule has 0 aliphatic carbocycles. The number of nitrogens with zero attached hydrogens (tertiary/aromatic N) is 5. The molecule has 2 aromatic heterocycles. The Morgan fingerprint density at radius 3 is 2.58 bits per heavy atom. The van der Waals surface area contributed by atoms with Gasteiger partial charge in [0.1, 0.15) is 33.3 Å². The number of hydrogen-bond donors (Lipinski definition) is 1. The Balaban J connectivity index is 1.67. The average Bonchev–Trinajstić information content (AvgIpc) is 3.32. The van der Waals surface area contributed by atoms with Gasteiger partial charge in [0.25, 0.3) is 6.43 Å². The highest BCUT2D eigenvalue weighted by atomic mass is 32.2. The van der Waals surface area contributed by atoms with Crippen LogP contribution in [0.5, 0.6) is 5.88 Å². The third kappa shape index (κ3) is 4.54. The van der Waals surface area contributed by atoms with Gasteiger partial charge in [0.15, 0.2) is 12.4 Å². The number of hydrogen-bond acceptors (Lipinski definition) is 9. The van der Waals surface area contributed by atoms with Crippen LogP contribution in [-0.2, 0) is 15.3 Å². The summed E-state index contributed by atoms with van der Waals surface area (Å²) in [5.41, 5.74) is 6.29. The maximum Gasteiger partial charge on any atom is 0.272 e. The smallest absolute Gasteiger partial charge is 0.272 e. The first-order chi connectivity index (χ1) is 16.9. The van der Waals surface area contributed by atoms with Gasteiger partial charge in [0.2, 0.25) is 5.88 Å². The lowest BCUT2D eigenvalue weighted by Crippen LogP contribution is -2.54. The SMILES string of the molecule is CN=[S@]1(=O)C[C@@](C)(c2cc(-c3cc(-c4cnc(OCC(F)F)cn4)no3)ccc2F)N=C(N)C1(C)C. The Morgan fingerprint density at radius 2 is 1.94 bits per heavy atom. The number of alkyl halides is 2. The molecule has 192 valence electrons. The molecule has 0 unspecified atom stereocenters. The number of rotatable bonds is 6. The van der Waals surface area contributed by atoms with Crippen molar-refractivity contribution in [2.24, 2.45) is 15.1 Å². The third-order valence-electron chi connectivity index (χ3n) is 6.14. The van der Waals surface area contributed by atoms with E-state index in [1.54, 1.807) is 32.9 Å². The number of benzene rings is 1. The van der Waals surface area contributed by atoms with Crippen LogP contribution in [0.25, 0.3) is 22.7 Å². The van der Waals surface area contributed by atoms with Gasteiger partial charge in [-0.25, -0.2) is 31.7 Å². The molecule has 3 aromatic rings. The van der Waals surface area contributed by atoms with E-state index in [4.69, 9.17) is 15.0 Å². The normalized spacial score (nSPS) is 23.4. The highest BCUT2D eigenvalue weighted by Gasteiger charge is 2.47. The lowest BCUT2D eigenvalue weighted by molar-refractivity contribution is 0.0794. The summed E-state index contributed by atoms with van der Waals surface area (Å²) < 4.78 is 66.7. The van der Waals surface area contributed by atoms with Gasteiger partial charge in [-0.1, -0.05) is 5.16 Å². The maximum absolute atomic E-state index is 15.1. The number of amidine groups is 1. The summed E-state index contributed by atoms with van der Waals surface area (Å²) >= 11 is 0. The molecule has 0 fully saturated rings. The summed E-state index contributed by atoms with van der Waals surface area (Å²) in [4.78, 5) is 12.6. The molecule has 0 saturated heterocycles. The summed E-state index contributed by atoms with van der Waals surface area (Å²) in [6.07, 6.45) is -0.116. The lowest BCUT2D eigenvalue weighted by Gasteiger charge is -2.40. The van der Waals surface area contributed by atoms with Crippen LogP contribution in [0.4, 0.5) is 13.2 Å². The Labute approximate surface area is 206 Å². The highest BCUT2D eigenvalue weighted by Crippen LogP contribution is 2.40. The summed E-state index contributed by atoms with van der Waals surface area (Å²) in [5.74, 6) is -0.158. The fraction of sp³-hybridized carbons (Fsp3) is 0.391. The summed E-state index contributed by atoms with van der Waals surface area (Å²) in [6, 6.07) is 5.91. The van der Waals surface area contributed by atoms with Gasteiger partial charge in [-0.2, -0.15) is 0 Å². The Morgan fingerprint density at radius 1 is 1.19 bits per heavy atom. The molecule has 1 aliphatic rings. The van der Waals surface area contributed by atoms with E-state index in [2.05, 4.69) is 24.5 Å². The fourth-order valence-electron chi connectivity index (χ4n) is 3.88. The van der Waals surface area contributed by atoms with Gasteiger partial charge in [0, 0.05) is 24.2 Å². The van der Waals surface area contributed by atoms with Crippen molar-refractivity contribution in [3.63, 3.8) is 0 Å². The quantitative estimate of drug-likeness (QED) is 0.517. The van der Waals surface area contributed by atoms with E-state index in [9.17, 15) is 13.0 Å². The van der Waals surface area contributed by atoms with Crippen molar-refractivity contribution in [1.29, 1.82) is 0 Å². The van der Waals surface area contributed by atoms with Gasteiger partial charge >= 0.3 is 0 Å². The number of halogens is 3. The predicted molar refractivity (Wildman–Crippen MR) is 129 cm³/mol. The van der Waals surface area contributed by atoms with Crippen LogP contribution >= 0.6 is 0 Å². The molecule has 3 heterocycles. The number of aromatic nitrogens is 3. The second-order valence-corrected chi connectivity index (χ2v) is 11.9. The number of ether oxygens (including phenoxy) is 1. The topological polar surface area (TPSA) is 129 Å². The first kappa shape index (κ1) is 25.6. The van der Waals surface area contributed by atoms with Crippen molar-refractivity contribution in [3.8, 4) is 28.6 Å². The van der Waals surface area contributed by atoms with Gasteiger partial charge in [0.05, 0.1) is 27.9 Å². The molecule has 0 bridgehead atoms. The molecule has 36 heavy (non-hydrogen) atoms. The highest BCUT2D eigenvalue weighted by molar-refractivity contribution is 7.95. The largest absolute Gasteiger partial charge is 0.470 e. The van der Waals surface area contributed by atoms with Crippen molar-refractivity contribution >= 4 is 15.6 Å². The Kier molecular flexibility index (Phi) is 6.54. The molecular formula is C23H25F3N6O3S. The summed E-state index contributed by atoms with van der Waals surface area (Å²) in [7, 11) is -1.39. The van der Waals surface area contributed by atoms with E-state index in [0.717, 1.165) is 0 Å². The van der Waals surface area contributed by atoms with Crippen LogP contribution in [-0.4, -0.2) is 55.7 Å². The lowest BCUT2D eigenvalue weighted by atomic mass is 9.91. The van der Waals surface area contributed by atoms with E-state index in [1.807, 2.05) is 0 Å². The monoisotopic (exact) mass is 522 g/mol. The first-order valence-electron chi connectivity index (χ1n) is 10.9. The van der Waals surface area contributed by atoms with Crippen molar-refractivity contribution in [2.75, 3.05) is 19.4 Å². The predicted octanol–water partition coefficient (Wildman–Crippen LogP) is 4.04. The van der Waals surface area contributed by atoms with E-state index in [0.29, 0.717) is 22.7 Å². The molecule has 1 aliphatic heterocycles. The molecule has 0 saturated carbocycles. The number of aliphatic imine (C=N–C) groups is 1. The van der Waals surface area contributed by atoms with Gasteiger partial charge in [-0.05, 0) is 39.0 Å². The zero-order valence-corrected chi connectivity index (χ0v) is 20.9. The zero-order valence-electron chi connectivity index (χ0n) is 20.0. The minimum atomic E-state index is -2.85. The zero-order chi connectivity index (χ0) is 26.3. The standard InChI is InChI=1S/C23H25F3N6O3S/c1-22(2)21(27)31-23(3,12-36(22,33)28-4)14-7-13(5-6-15(14)24)18-8-16(32-35-18)17-9-30-20(10-29-17)34-11-19(25)26/h5-10,19H,11-12H2,1-4H3,(H2,27,31)/t23-,36-/m0/s1. The molecule has 0 radical (unpaired) electrons. The maximum atomic E-state index is 15.1. The number of nitrogens with two attached hydrogens (primary N) is 1. The Hall–Kier alpha value is -3.48. The Bertz CT molecular complexity index is 1430. The van der Waals surface area contributed by atoms with Crippen LogP contribution < -0.4 is 10.5 Å². The first-order valence-corrected chi connectivity index (χ1v) is 12.6.